The van der Waals surface area contributed by atoms with Crippen LogP contribution in [0.5, 0.6) is 0 Å². The molecule has 4 heteroatoms. The van der Waals surface area contributed by atoms with Crippen LogP contribution in [0.2, 0.25) is 5.02 Å². The Balaban J connectivity index is 2.06. The molecule has 1 saturated heterocycles. The Morgan fingerprint density at radius 1 is 1.50 bits per heavy atom. The molecule has 1 heterocycles. The number of benzene rings is 1. The van der Waals surface area contributed by atoms with Gasteiger partial charge in [0, 0.05) is 28.6 Å². The summed E-state index contributed by atoms with van der Waals surface area (Å²) in [6.07, 6.45) is 2.40. The van der Waals surface area contributed by atoms with Crippen LogP contribution in [0.3, 0.4) is 0 Å². The fraction of sp³-hybridized carbons (Fsp3) is 0.571. The van der Waals surface area contributed by atoms with Gasteiger partial charge in [-0.25, -0.2) is 0 Å². The molecule has 0 radical (unpaired) electrons. The number of hydrogen-bond donors (Lipinski definition) is 1. The van der Waals surface area contributed by atoms with E-state index >= 15 is 0 Å². The smallest absolute Gasteiger partial charge is 0.0880 e. The fourth-order valence-electron chi connectivity index (χ4n) is 2.38. The predicted molar refractivity (Wildman–Crippen MR) is 79.1 cm³/mol. The van der Waals surface area contributed by atoms with Crippen molar-refractivity contribution in [3.63, 3.8) is 0 Å². The molecule has 18 heavy (non-hydrogen) atoms. The second-order valence-electron chi connectivity index (χ2n) is 4.71. The van der Waals surface area contributed by atoms with Gasteiger partial charge in [-0.05, 0) is 37.1 Å². The third-order valence-corrected chi connectivity index (χ3v) is 4.14. The standard InChI is InChI=1S/C14H19BrClNO/c1-2-6-17-9-10-5-7-18-14(10)12-4-3-11(15)8-13(12)16/h3-4,8,10,14,17H,2,5-7,9H2,1H3. The number of ether oxygens (including phenoxy) is 1. The average molecular weight is 333 g/mol. The van der Waals surface area contributed by atoms with Gasteiger partial charge in [0.1, 0.15) is 0 Å². The maximum absolute atomic E-state index is 6.31. The van der Waals surface area contributed by atoms with E-state index in [0.717, 1.165) is 47.6 Å². The molecule has 0 spiro atoms. The number of hydrogen-bond acceptors (Lipinski definition) is 2. The van der Waals surface area contributed by atoms with E-state index in [1.165, 1.54) is 0 Å². The SMILES string of the molecule is CCCNCC1CCOC1c1ccc(Br)cc1Cl. The highest BCUT2D eigenvalue weighted by molar-refractivity contribution is 9.10. The Morgan fingerprint density at radius 2 is 2.33 bits per heavy atom. The van der Waals surface area contributed by atoms with Crippen LogP contribution >= 0.6 is 27.5 Å². The van der Waals surface area contributed by atoms with Gasteiger partial charge in [-0.3, -0.25) is 0 Å². The lowest BCUT2D eigenvalue weighted by Crippen LogP contribution is -2.25. The molecule has 1 aromatic carbocycles. The fourth-order valence-corrected chi connectivity index (χ4v) is 3.16. The summed E-state index contributed by atoms with van der Waals surface area (Å²) in [7, 11) is 0. The molecule has 0 bridgehead atoms. The Labute approximate surface area is 122 Å². The number of rotatable bonds is 5. The summed E-state index contributed by atoms with van der Waals surface area (Å²) in [5.74, 6) is 0.523. The Hall–Kier alpha value is -0.0900. The van der Waals surface area contributed by atoms with Crippen molar-refractivity contribution in [3.05, 3.63) is 33.3 Å². The van der Waals surface area contributed by atoms with Crippen molar-refractivity contribution in [2.24, 2.45) is 5.92 Å². The summed E-state index contributed by atoms with van der Waals surface area (Å²) in [5, 5.41) is 4.26. The molecule has 1 aliphatic rings. The third kappa shape index (κ3) is 3.47. The maximum atomic E-state index is 6.31. The normalized spacial score (nSPS) is 23.5. The molecule has 2 atom stereocenters. The van der Waals surface area contributed by atoms with E-state index in [1.54, 1.807) is 0 Å². The highest BCUT2D eigenvalue weighted by Gasteiger charge is 2.30. The van der Waals surface area contributed by atoms with Crippen molar-refractivity contribution < 1.29 is 4.74 Å². The van der Waals surface area contributed by atoms with E-state index in [9.17, 15) is 0 Å². The first-order valence-corrected chi connectivity index (χ1v) is 7.66. The zero-order valence-corrected chi connectivity index (χ0v) is 12.9. The summed E-state index contributed by atoms with van der Waals surface area (Å²) < 4.78 is 6.87. The highest BCUT2D eigenvalue weighted by Crippen LogP contribution is 2.38. The van der Waals surface area contributed by atoms with E-state index in [-0.39, 0.29) is 6.10 Å². The summed E-state index contributed by atoms with van der Waals surface area (Å²) in [6.45, 7) is 5.08. The first-order valence-electron chi connectivity index (χ1n) is 6.49. The van der Waals surface area contributed by atoms with Gasteiger partial charge in [0.05, 0.1) is 6.10 Å². The number of nitrogens with one attached hydrogen (secondary N) is 1. The quantitative estimate of drug-likeness (QED) is 0.817. The van der Waals surface area contributed by atoms with Gasteiger partial charge >= 0.3 is 0 Å². The van der Waals surface area contributed by atoms with E-state index in [0.29, 0.717) is 5.92 Å². The van der Waals surface area contributed by atoms with Crippen LogP contribution in [-0.4, -0.2) is 19.7 Å². The molecule has 2 unspecified atom stereocenters. The molecule has 0 saturated carbocycles. The minimum Gasteiger partial charge on any atom is -0.373 e. The van der Waals surface area contributed by atoms with Crippen molar-refractivity contribution >= 4 is 27.5 Å². The molecular weight excluding hydrogens is 314 g/mol. The Morgan fingerprint density at radius 3 is 3.06 bits per heavy atom. The summed E-state index contributed by atoms with van der Waals surface area (Å²) >= 11 is 9.74. The molecule has 0 amide bonds. The molecular formula is C14H19BrClNO. The first kappa shape index (κ1) is 14.3. The lowest BCUT2D eigenvalue weighted by molar-refractivity contribution is 0.0906. The molecule has 0 aliphatic carbocycles. The lowest BCUT2D eigenvalue weighted by Gasteiger charge is -2.20. The zero-order valence-electron chi connectivity index (χ0n) is 10.6. The van der Waals surface area contributed by atoms with Gasteiger partial charge in [-0.2, -0.15) is 0 Å². The number of halogens is 2. The second-order valence-corrected chi connectivity index (χ2v) is 6.03. The van der Waals surface area contributed by atoms with Crippen LogP contribution < -0.4 is 5.32 Å². The third-order valence-electron chi connectivity index (χ3n) is 3.32. The molecule has 1 aliphatic heterocycles. The zero-order chi connectivity index (χ0) is 13.0. The van der Waals surface area contributed by atoms with E-state index in [1.807, 2.05) is 12.1 Å². The van der Waals surface area contributed by atoms with Gasteiger partial charge in [0.25, 0.3) is 0 Å². The van der Waals surface area contributed by atoms with Gasteiger partial charge in [0.2, 0.25) is 0 Å². The van der Waals surface area contributed by atoms with Crippen LogP contribution in [0.4, 0.5) is 0 Å². The maximum Gasteiger partial charge on any atom is 0.0880 e. The highest BCUT2D eigenvalue weighted by atomic mass is 79.9. The van der Waals surface area contributed by atoms with E-state index < -0.39 is 0 Å². The molecule has 2 nitrogen and oxygen atoms in total. The molecule has 1 N–H and O–H groups in total. The minimum atomic E-state index is 0.134. The van der Waals surface area contributed by atoms with Crippen molar-refractivity contribution in [1.29, 1.82) is 0 Å². The van der Waals surface area contributed by atoms with Crippen molar-refractivity contribution in [3.8, 4) is 0 Å². The van der Waals surface area contributed by atoms with Gasteiger partial charge in [-0.1, -0.05) is 40.5 Å². The second kappa shape index (κ2) is 6.90. The van der Waals surface area contributed by atoms with Crippen LogP contribution in [-0.2, 0) is 4.74 Å². The molecule has 100 valence electrons. The van der Waals surface area contributed by atoms with E-state index in [2.05, 4.69) is 34.2 Å². The predicted octanol–water partition coefficient (Wildman–Crippen LogP) is 4.18. The topological polar surface area (TPSA) is 21.3 Å². The Bertz CT molecular complexity index is 399. The molecule has 1 fully saturated rings. The monoisotopic (exact) mass is 331 g/mol. The van der Waals surface area contributed by atoms with Gasteiger partial charge in [-0.15, -0.1) is 0 Å². The first-order chi connectivity index (χ1) is 8.72. The van der Waals surface area contributed by atoms with Gasteiger partial charge < -0.3 is 10.1 Å². The average Bonchev–Trinajstić information content (AvgIpc) is 2.78. The minimum absolute atomic E-state index is 0.134. The van der Waals surface area contributed by atoms with Crippen molar-refractivity contribution in [2.45, 2.75) is 25.9 Å². The molecule has 0 aromatic heterocycles. The Kier molecular flexibility index (Phi) is 5.49. The van der Waals surface area contributed by atoms with Crippen molar-refractivity contribution in [1.82, 2.24) is 5.32 Å². The molecule has 1 aromatic rings. The molecule has 2 rings (SSSR count). The van der Waals surface area contributed by atoms with Crippen LogP contribution in [0.15, 0.2) is 22.7 Å². The van der Waals surface area contributed by atoms with Crippen molar-refractivity contribution in [2.75, 3.05) is 19.7 Å². The lowest BCUT2D eigenvalue weighted by atomic mass is 9.95. The summed E-state index contributed by atoms with van der Waals surface area (Å²) in [6, 6.07) is 6.03. The van der Waals surface area contributed by atoms with Crippen LogP contribution in [0.1, 0.15) is 31.4 Å². The van der Waals surface area contributed by atoms with Crippen LogP contribution in [0, 0.1) is 5.92 Å². The van der Waals surface area contributed by atoms with Crippen LogP contribution in [0.25, 0.3) is 0 Å². The summed E-state index contributed by atoms with van der Waals surface area (Å²) in [4.78, 5) is 0. The van der Waals surface area contributed by atoms with Gasteiger partial charge in [0.15, 0.2) is 0 Å². The summed E-state index contributed by atoms with van der Waals surface area (Å²) in [5.41, 5.74) is 1.11. The van der Waals surface area contributed by atoms with E-state index in [4.69, 9.17) is 16.3 Å². The largest absolute Gasteiger partial charge is 0.373 e.